The summed E-state index contributed by atoms with van der Waals surface area (Å²) in [7, 11) is 8.20. The van der Waals surface area contributed by atoms with Crippen molar-refractivity contribution in [2.45, 2.75) is 73.6 Å². The summed E-state index contributed by atoms with van der Waals surface area (Å²) < 4.78 is 37.2. The molecule has 12 heteroatoms. The van der Waals surface area contributed by atoms with Gasteiger partial charge in [0.25, 0.3) is 0 Å². The molecule has 7 bridgehead atoms. The molecule has 0 aromatic heterocycles. The molecule has 0 radical (unpaired) electrons. The first-order valence-electron chi connectivity index (χ1n) is 15.8. The molecule has 3 N–H and O–H groups in total. The van der Waals surface area contributed by atoms with E-state index >= 15 is 0 Å². The Labute approximate surface area is 262 Å². The fourth-order valence-electron chi connectivity index (χ4n) is 12.2. The van der Waals surface area contributed by atoms with Gasteiger partial charge in [0.2, 0.25) is 0 Å². The van der Waals surface area contributed by atoms with Crippen LogP contribution in [0.4, 0.5) is 0 Å². The van der Waals surface area contributed by atoms with Crippen molar-refractivity contribution in [3.05, 3.63) is 35.9 Å². The van der Waals surface area contributed by atoms with Gasteiger partial charge in [-0.2, -0.15) is 0 Å². The fourth-order valence-corrected chi connectivity index (χ4v) is 12.2. The first-order chi connectivity index (χ1) is 21.4. The van der Waals surface area contributed by atoms with E-state index in [0.29, 0.717) is 18.5 Å². The average molecular weight is 632 g/mol. The van der Waals surface area contributed by atoms with E-state index in [-0.39, 0.29) is 25.0 Å². The third-order valence-electron chi connectivity index (χ3n) is 12.9. The van der Waals surface area contributed by atoms with Gasteiger partial charge in [-0.05, 0) is 31.5 Å². The van der Waals surface area contributed by atoms with Crippen molar-refractivity contribution in [3.63, 3.8) is 0 Å². The molecule has 1 aromatic rings. The van der Waals surface area contributed by atoms with Crippen LogP contribution in [0.1, 0.15) is 30.1 Å². The normalized spacial score (nSPS) is 50.7. The van der Waals surface area contributed by atoms with Crippen LogP contribution in [-0.2, 0) is 33.2 Å². The van der Waals surface area contributed by atoms with Crippen LogP contribution in [0.5, 0.6) is 0 Å². The van der Waals surface area contributed by atoms with Gasteiger partial charge in [-0.25, -0.2) is 4.79 Å². The Hall–Kier alpha value is -2.16. The standard InChI is InChI=1S/C33H45NO11/c1-16(35)45-33-21-18(13-31(39,28(43-6)26(33)37)27(21)44-29(38)17-10-8-7-9-11-17)32-20(41-4)12-19(36)30(15-40-3)14-34(2)25(32)22(33)23(42-5)24(30)32/h7-11,18-28,36-37,39H,12-15H2,1-6H3/t18-,19-,20+,21-,22-,23+,24-,25+,26+,27-,28+,30+,31-,32+,33-/m1/s1. The van der Waals surface area contributed by atoms with Crippen molar-refractivity contribution in [1.82, 2.24) is 4.90 Å². The smallest absolute Gasteiger partial charge is 0.338 e. The third-order valence-corrected chi connectivity index (χ3v) is 12.9. The highest BCUT2D eigenvalue weighted by molar-refractivity contribution is 5.89. The molecule has 45 heavy (non-hydrogen) atoms. The van der Waals surface area contributed by atoms with Crippen LogP contribution in [0, 0.1) is 34.5 Å². The average Bonchev–Trinajstić information content (AvgIpc) is 3.40. The molecular formula is C33H45NO11. The molecule has 0 amide bonds. The maximum atomic E-state index is 13.7. The molecule has 6 fully saturated rings. The Morgan fingerprint density at radius 3 is 2.31 bits per heavy atom. The fraction of sp³-hybridized carbons (Fsp3) is 0.758. The summed E-state index contributed by atoms with van der Waals surface area (Å²) in [6.07, 6.45) is -5.50. The third kappa shape index (κ3) is 3.55. The van der Waals surface area contributed by atoms with E-state index in [0.717, 1.165) is 0 Å². The molecule has 12 nitrogen and oxygen atoms in total. The molecule has 1 saturated heterocycles. The lowest BCUT2D eigenvalue weighted by molar-refractivity contribution is -0.321. The maximum absolute atomic E-state index is 13.7. The maximum Gasteiger partial charge on any atom is 0.338 e. The minimum absolute atomic E-state index is 0.0754. The zero-order valence-corrected chi connectivity index (χ0v) is 26.6. The number of methoxy groups -OCH3 is 4. The molecule has 1 heterocycles. The highest BCUT2D eigenvalue weighted by Crippen LogP contribution is 2.80. The molecule has 5 saturated carbocycles. The number of aliphatic hydroxyl groups excluding tert-OH is 2. The number of esters is 2. The van der Waals surface area contributed by atoms with Crippen LogP contribution < -0.4 is 0 Å². The quantitative estimate of drug-likeness (QED) is 0.337. The second kappa shape index (κ2) is 10.4. The Kier molecular flexibility index (Phi) is 7.28. The molecule has 1 spiro atoms. The minimum atomic E-state index is -1.83. The largest absolute Gasteiger partial charge is 0.455 e. The van der Waals surface area contributed by atoms with Gasteiger partial charge in [-0.15, -0.1) is 0 Å². The zero-order chi connectivity index (χ0) is 32.3. The highest BCUT2D eigenvalue weighted by Gasteiger charge is 2.92. The van der Waals surface area contributed by atoms with Crippen LogP contribution in [0.2, 0.25) is 0 Å². The number of ether oxygens (including phenoxy) is 6. The van der Waals surface area contributed by atoms with E-state index in [1.165, 1.54) is 14.0 Å². The van der Waals surface area contributed by atoms with Gasteiger partial charge in [0.05, 0.1) is 30.5 Å². The summed E-state index contributed by atoms with van der Waals surface area (Å²) in [6, 6.07) is 8.15. The SMILES string of the molecule is COC[C@]12CN(C)[C@H]3[C@H]4[C@H](OC)[C@H]1[C@@]3([C@@H](OC)C[C@H]2O)[C@@H]1C[C@@]2(O)[C@H](OC(=O)c3ccccc3)[C@@H]1[C@]4(OC(C)=O)[C@@H](O)[C@@H]2OC. The lowest BCUT2D eigenvalue weighted by Gasteiger charge is -2.70. The van der Waals surface area contributed by atoms with Crippen LogP contribution in [0.15, 0.2) is 30.3 Å². The minimum Gasteiger partial charge on any atom is -0.455 e. The van der Waals surface area contributed by atoms with Gasteiger partial charge in [0, 0.05) is 83.0 Å². The lowest BCUT2D eigenvalue weighted by atomic mass is 9.42. The highest BCUT2D eigenvalue weighted by atomic mass is 16.6. The van der Waals surface area contributed by atoms with Gasteiger partial charge < -0.3 is 48.6 Å². The number of aliphatic hydroxyl groups is 3. The molecular weight excluding hydrogens is 586 g/mol. The number of piperidine rings is 1. The number of benzene rings is 1. The van der Waals surface area contributed by atoms with Crippen molar-refractivity contribution in [1.29, 1.82) is 0 Å². The lowest BCUT2D eigenvalue weighted by Crippen LogP contribution is -2.81. The molecule has 1 aromatic carbocycles. The van der Waals surface area contributed by atoms with E-state index in [9.17, 15) is 24.9 Å². The van der Waals surface area contributed by atoms with E-state index in [1.54, 1.807) is 51.7 Å². The van der Waals surface area contributed by atoms with E-state index in [2.05, 4.69) is 4.90 Å². The number of fused-ring (bicyclic) bond motifs is 2. The first-order valence-corrected chi connectivity index (χ1v) is 15.8. The van der Waals surface area contributed by atoms with Gasteiger partial charge >= 0.3 is 11.9 Å². The molecule has 0 unspecified atom stereocenters. The Bertz CT molecular complexity index is 1350. The van der Waals surface area contributed by atoms with Gasteiger partial charge in [0.1, 0.15) is 23.9 Å². The molecule has 6 aliphatic rings. The summed E-state index contributed by atoms with van der Waals surface area (Å²) in [5.41, 5.74) is -4.79. The van der Waals surface area contributed by atoms with E-state index < -0.39 is 88.3 Å². The van der Waals surface area contributed by atoms with Crippen LogP contribution in [0.25, 0.3) is 0 Å². The summed E-state index contributed by atoms with van der Waals surface area (Å²) >= 11 is 0. The molecule has 5 aliphatic carbocycles. The number of carbonyl (C=O) groups excluding carboxylic acids is 2. The van der Waals surface area contributed by atoms with Crippen LogP contribution >= 0.6 is 0 Å². The number of nitrogens with zero attached hydrogens (tertiary/aromatic N) is 1. The van der Waals surface area contributed by atoms with Crippen molar-refractivity contribution < 1.29 is 53.3 Å². The number of hydrogen-bond acceptors (Lipinski definition) is 12. The second-order valence-electron chi connectivity index (χ2n) is 14.3. The van der Waals surface area contributed by atoms with Crippen molar-refractivity contribution in [2.75, 3.05) is 48.6 Å². The molecule has 15 atom stereocenters. The van der Waals surface area contributed by atoms with E-state index in [4.69, 9.17) is 28.4 Å². The van der Waals surface area contributed by atoms with Gasteiger partial charge in [-0.3, -0.25) is 4.79 Å². The number of rotatable bonds is 8. The molecule has 248 valence electrons. The predicted octanol–water partition coefficient (Wildman–Crippen LogP) is 0.258. The van der Waals surface area contributed by atoms with Crippen molar-refractivity contribution in [2.24, 2.45) is 34.5 Å². The number of carbonyl (C=O) groups is 2. The second-order valence-corrected chi connectivity index (χ2v) is 14.3. The van der Waals surface area contributed by atoms with Crippen molar-refractivity contribution >= 4 is 11.9 Å². The van der Waals surface area contributed by atoms with Crippen LogP contribution in [0.3, 0.4) is 0 Å². The van der Waals surface area contributed by atoms with Crippen molar-refractivity contribution in [3.8, 4) is 0 Å². The predicted molar refractivity (Wildman–Crippen MR) is 156 cm³/mol. The summed E-state index contributed by atoms with van der Waals surface area (Å²) in [5.74, 6) is -3.66. The first kappa shape index (κ1) is 31.4. The van der Waals surface area contributed by atoms with E-state index in [1.807, 2.05) is 7.05 Å². The zero-order valence-electron chi connectivity index (χ0n) is 26.6. The molecule has 7 rings (SSSR count). The Balaban J connectivity index is 1.52. The van der Waals surface area contributed by atoms with Crippen LogP contribution in [-0.4, -0.2) is 135 Å². The summed E-state index contributed by atoms with van der Waals surface area (Å²) in [4.78, 5) is 29.1. The van der Waals surface area contributed by atoms with Gasteiger partial charge in [0.15, 0.2) is 5.60 Å². The topological polar surface area (TPSA) is 153 Å². The number of likely N-dealkylation sites (tertiary alicyclic amines) is 1. The van der Waals surface area contributed by atoms with Gasteiger partial charge in [-0.1, -0.05) is 18.2 Å². The summed E-state index contributed by atoms with van der Waals surface area (Å²) in [5, 5.41) is 37.0. The Morgan fingerprint density at radius 1 is 1.00 bits per heavy atom. The summed E-state index contributed by atoms with van der Waals surface area (Å²) in [6.45, 7) is 2.00. The monoisotopic (exact) mass is 631 g/mol. The molecule has 1 aliphatic heterocycles. The Morgan fingerprint density at radius 2 is 1.71 bits per heavy atom. The number of hydrogen-bond donors (Lipinski definition) is 3.